The number of aryl methyl sites for hydroxylation is 4. The van der Waals surface area contributed by atoms with Gasteiger partial charge in [-0.3, -0.25) is 28.8 Å². The van der Waals surface area contributed by atoms with Crippen LogP contribution < -0.4 is 55.6 Å². The fourth-order valence-corrected chi connectivity index (χ4v) is 22.1. The van der Waals surface area contributed by atoms with Gasteiger partial charge in [-0.1, -0.05) is 135 Å². The predicted octanol–water partition coefficient (Wildman–Crippen LogP) is 33.6. The highest BCUT2D eigenvalue weighted by Gasteiger charge is 2.25. The van der Waals surface area contributed by atoms with Gasteiger partial charge in [0.05, 0.1) is 76.9 Å². The zero-order valence-corrected chi connectivity index (χ0v) is 99.7. The highest BCUT2D eigenvalue weighted by Crippen LogP contribution is 2.44. The molecule has 3 unspecified atom stereocenters. The third-order valence-corrected chi connectivity index (χ3v) is 29.7. The molecule has 762 valence electrons. The first-order chi connectivity index (χ1) is 66.4. The molecule has 0 saturated heterocycles. The average molecular weight is 2720 g/mol. The van der Waals surface area contributed by atoms with Crippen LogP contribution in [-0.2, 0) is 82.7 Å². The van der Waals surface area contributed by atoms with Crippen LogP contribution in [0.5, 0.6) is 28.7 Å². The maximum atomic E-state index is 12.1. The van der Waals surface area contributed by atoms with E-state index in [1.165, 1.54) is 6.42 Å². The van der Waals surface area contributed by atoms with E-state index in [4.69, 9.17) is 130 Å². The summed E-state index contributed by atoms with van der Waals surface area (Å²) in [5, 5.41) is 67.7. The van der Waals surface area contributed by atoms with Gasteiger partial charge in [-0.05, 0) is 417 Å². The van der Waals surface area contributed by atoms with Gasteiger partial charge in [-0.25, -0.2) is 0 Å². The Morgan fingerprint density at radius 3 is 0.957 bits per heavy atom. The van der Waals surface area contributed by atoms with Crippen LogP contribution in [-0.4, -0.2) is 98.0 Å². The summed E-state index contributed by atoms with van der Waals surface area (Å²) < 4.78 is 37.0. The summed E-state index contributed by atoms with van der Waals surface area (Å²) in [5.74, 6) is -0.329. The number of carbonyl (C=O) groups excluding carboxylic acids is 1. The lowest BCUT2D eigenvalue weighted by molar-refractivity contribution is -0.138. The van der Waals surface area contributed by atoms with Gasteiger partial charge in [-0.2, -0.15) is 0 Å². The Kier molecular flexibility index (Phi) is 52.1. The molecule has 0 radical (unpaired) electrons. The van der Waals surface area contributed by atoms with Gasteiger partial charge < -0.3 is 81.1 Å². The van der Waals surface area contributed by atoms with E-state index in [0.717, 1.165) is 127 Å². The third kappa shape index (κ3) is 41.8. The number of benzene rings is 10. The second kappa shape index (κ2) is 60.3. The average Bonchev–Trinajstić information content (AvgIpc) is 0.817. The summed E-state index contributed by atoms with van der Waals surface area (Å²) in [4.78, 5) is 65.7. The second-order valence-corrected chi connectivity index (χ2v) is 45.8. The molecule has 0 spiro atoms. The molecule has 3 atom stereocenters. The summed E-state index contributed by atoms with van der Waals surface area (Å²) in [7, 11) is 0. The fourth-order valence-electron chi connectivity index (χ4n) is 12.9. The van der Waals surface area contributed by atoms with E-state index in [-0.39, 0.29) is 51.5 Å². The molecule has 0 aromatic heterocycles. The zero-order chi connectivity index (χ0) is 105. The lowest BCUT2D eigenvalue weighted by atomic mass is 9.93. The van der Waals surface area contributed by atoms with Crippen molar-refractivity contribution in [3.05, 3.63) is 275 Å². The molecule has 0 aliphatic heterocycles. The Bertz CT molecular complexity index is 5900. The molecule has 0 heterocycles. The Hall–Kier alpha value is -6.15. The van der Waals surface area contributed by atoms with Gasteiger partial charge in [0.2, 0.25) is 0 Å². The molecular formula is C102H109Br10Cl7N6O16. The van der Waals surface area contributed by atoms with Crippen molar-refractivity contribution in [2.45, 2.75) is 210 Å². The van der Waals surface area contributed by atoms with Crippen molar-refractivity contribution in [3.8, 4) is 28.7 Å². The van der Waals surface area contributed by atoms with Crippen LogP contribution in [0.3, 0.4) is 0 Å². The number of hydrogen-bond donors (Lipinski definition) is 11. The summed E-state index contributed by atoms with van der Waals surface area (Å²) in [6.07, 6.45) is 5.65. The minimum atomic E-state index is -1.11. The minimum Gasteiger partial charge on any atom is -0.487 e. The molecule has 10 aromatic carbocycles. The molecule has 1 aliphatic carbocycles. The first-order valence-electron chi connectivity index (χ1n) is 44.5. The molecule has 141 heavy (non-hydrogen) atoms. The molecule has 1 aliphatic rings. The summed E-state index contributed by atoms with van der Waals surface area (Å²) in [6.45, 7) is 24.4. The largest absolute Gasteiger partial charge is 0.487 e. The van der Waals surface area contributed by atoms with Crippen LogP contribution in [0.25, 0.3) is 0 Å². The van der Waals surface area contributed by atoms with Crippen molar-refractivity contribution < 1.29 is 78.0 Å². The summed E-state index contributed by atoms with van der Waals surface area (Å²) in [5.41, 5.74) is 12.6. The van der Waals surface area contributed by atoms with Gasteiger partial charge in [0.1, 0.15) is 68.3 Å². The van der Waals surface area contributed by atoms with Crippen LogP contribution in [0.1, 0.15) is 182 Å². The first-order valence-corrected chi connectivity index (χ1v) is 55.1. The van der Waals surface area contributed by atoms with Gasteiger partial charge in [0.15, 0.2) is 0 Å². The van der Waals surface area contributed by atoms with Crippen molar-refractivity contribution >= 4 is 305 Å². The SMILES string of the molecule is CC(C)C(C)Nc1cc(Cl)cc(COc2c(Br)cc(C(=O)NCC(=O)O)cc2Br)c1.CC(C)C(C)Nc1cc(Cl)cc(COc2c(Br)cc(CCC(=O)O)cc2Br)c1.CC(C)C(C)Nc1cccc(COc2c(Br)cc(CCC(=O)O)cc2Br)c1Cl.CC(C)Nc1cc(Cl)cc(COc2c(Br)cc(CCC(=O)O)cc2Br)c1Cl.O=C(O)CCc1cc(Br)c(OCc2cc(Cl)cc(NC3CCC3)c2Cl)c(Br)c1. The van der Waals surface area contributed by atoms with E-state index >= 15 is 0 Å². The number of carboxylic acid groups (broad SMARTS) is 5. The minimum absolute atomic E-state index is 0.0723. The Morgan fingerprint density at radius 1 is 0.333 bits per heavy atom. The number of ether oxygens (including phenoxy) is 5. The van der Waals surface area contributed by atoms with Crippen molar-refractivity contribution in [3.63, 3.8) is 0 Å². The van der Waals surface area contributed by atoms with Crippen molar-refractivity contribution in [2.75, 3.05) is 33.1 Å². The zero-order valence-electron chi connectivity index (χ0n) is 78.6. The first kappa shape index (κ1) is 122. The van der Waals surface area contributed by atoms with E-state index in [9.17, 15) is 28.8 Å². The molecule has 1 saturated carbocycles. The Labute approximate surface area is 942 Å². The molecule has 39 heteroatoms. The number of anilines is 5. The molecule has 11 N–H and O–H groups in total. The molecule has 0 bridgehead atoms. The van der Waals surface area contributed by atoms with E-state index in [0.29, 0.717) is 159 Å². The Morgan fingerprint density at radius 2 is 0.638 bits per heavy atom. The molecule has 11 rings (SSSR count). The molecule has 1 fully saturated rings. The van der Waals surface area contributed by atoms with Crippen LogP contribution in [0.2, 0.25) is 35.2 Å². The summed E-state index contributed by atoms with van der Waals surface area (Å²) in [6, 6.07) is 44.3. The normalized spacial score (nSPS) is 12.2. The van der Waals surface area contributed by atoms with Crippen molar-refractivity contribution in [2.24, 2.45) is 17.8 Å². The maximum absolute atomic E-state index is 12.1. The van der Waals surface area contributed by atoms with Gasteiger partial charge >= 0.3 is 29.8 Å². The lowest BCUT2D eigenvalue weighted by Gasteiger charge is -2.28. The number of nitrogens with one attached hydrogen (secondary N) is 6. The monoisotopic (exact) mass is 2710 g/mol. The van der Waals surface area contributed by atoms with Crippen LogP contribution in [0.4, 0.5) is 28.4 Å². The van der Waals surface area contributed by atoms with Crippen molar-refractivity contribution in [1.82, 2.24) is 5.32 Å². The summed E-state index contributed by atoms with van der Waals surface area (Å²) >= 11 is 79.5. The standard InChI is InChI=1S/C21H23Br2ClN2O4.2C21H24Br2ClNO3.C20H19Br2Cl2NO3.C19H19Br2Cl2NO3/c1-11(2)12(3)26-16-5-13(4-15(24)8-16)10-30-20-17(22)6-14(7-18(20)23)21(29)25-9-19(27)28;1-12(2)13(3)25-17-7-15(6-16(24)10-17)11-28-21-18(22)8-14(9-19(21)23)4-5-20(26)27;1-12(2)13(3)25-18-6-4-5-15(20(18)24)11-28-21-16(22)9-14(10-17(21)23)7-8-19(26)27;21-15-6-11(4-5-18(26)27)7-16(22)20(15)28-10-12-8-13(23)9-17(19(12)24)25-14-2-1-3-14;1-10(2)24-16-8-13(22)7-12(18(16)23)9-27-19-14(20)5-11(6-15(19)21)3-4-17(25)26/h4-8,11-12,26H,9-10H2,1-3H3,(H,25,29)(H,27,28);6-10,12-13,25H,4-5,11H2,1-3H3,(H,26,27);4-6,9-10,12-13,25H,7-8,11H2,1-3H3,(H,26,27);6-9,14,25H,1-5,10H2,(H,26,27);5-8,10,24H,3-4,9H2,1-2H3,(H,25,26). The van der Waals surface area contributed by atoms with E-state index in [1.807, 2.05) is 123 Å². The van der Waals surface area contributed by atoms with E-state index in [1.54, 1.807) is 30.3 Å². The number of rotatable bonds is 43. The molecule has 22 nitrogen and oxygen atoms in total. The smallest absolute Gasteiger partial charge is 0.322 e. The predicted molar refractivity (Wildman–Crippen MR) is 606 cm³/mol. The molecular weight excluding hydrogens is 2610 g/mol. The number of carboxylic acids is 5. The quantitative estimate of drug-likeness (QED) is 0.0169. The number of halogens is 17. The van der Waals surface area contributed by atoms with Crippen LogP contribution in [0, 0.1) is 17.8 Å². The number of amides is 1. The fraction of sp³-hybridized carbons (Fsp3) is 0.353. The molecule has 10 aromatic rings. The van der Waals surface area contributed by atoms with Crippen LogP contribution >= 0.6 is 241 Å². The van der Waals surface area contributed by atoms with Crippen LogP contribution in [0.15, 0.2) is 184 Å². The van der Waals surface area contributed by atoms with E-state index < -0.39 is 42.3 Å². The molecule has 1 amide bonds. The highest BCUT2D eigenvalue weighted by molar-refractivity contribution is 9.12. The van der Waals surface area contributed by atoms with Crippen molar-refractivity contribution in [1.29, 1.82) is 0 Å². The topological polar surface area (TPSA) is 322 Å². The number of carbonyl (C=O) groups is 6. The number of aliphatic carboxylic acids is 5. The maximum Gasteiger partial charge on any atom is 0.322 e. The third-order valence-electron chi connectivity index (χ3n) is 21.6. The van der Waals surface area contributed by atoms with E-state index in [2.05, 4.69) is 254 Å². The van der Waals surface area contributed by atoms with Gasteiger partial charge in [0, 0.05) is 110 Å². The lowest BCUT2D eigenvalue weighted by Crippen LogP contribution is -2.29. The van der Waals surface area contributed by atoms with Gasteiger partial charge in [-0.15, -0.1) is 0 Å². The van der Waals surface area contributed by atoms with Gasteiger partial charge in [0.25, 0.3) is 5.91 Å². The Balaban J connectivity index is 0.000000240. The number of hydrogen-bond acceptors (Lipinski definition) is 16. The highest BCUT2D eigenvalue weighted by atomic mass is 79.9. The second-order valence-electron chi connectivity index (χ2n) is 34.3.